The van der Waals surface area contributed by atoms with Crippen LogP contribution in [-0.2, 0) is 20.8 Å². The van der Waals surface area contributed by atoms with Crippen LogP contribution >= 0.6 is 0 Å². The van der Waals surface area contributed by atoms with Gasteiger partial charge >= 0.3 is 0 Å². The minimum Gasteiger partial charge on any atom is -0.508 e. The molecule has 1 aromatic heterocycles. The lowest BCUT2D eigenvalue weighted by atomic mass is 9.57. The molecule has 5 rings (SSSR count). The molecule has 228 valence electrons. The van der Waals surface area contributed by atoms with Gasteiger partial charge in [0.2, 0.25) is 5.78 Å². The van der Waals surface area contributed by atoms with Crippen molar-refractivity contribution in [3.8, 4) is 5.75 Å². The average molecular weight is 595 g/mol. The molecule has 3 aliphatic rings. The van der Waals surface area contributed by atoms with Crippen molar-refractivity contribution < 1.29 is 39.2 Å². The Labute approximate surface area is 246 Å². The summed E-state index contributed by atoms with van der Waals surface area (Å²) in [4.78, 5) is 47.1. The fourth-order valence-electron chi connectivity index (χ4n) is 6.51. The number of carbonyl (C=O) groups is 3. The molecule has 0 saturated heterocycles. The van der Waals surface area contributed by atoms with Crippen LogP contribution in [-0.4, -0.2) is 95.0 Å². The van der Waals surface area contributed by atoms with Gasteiger partial charge in [-0.15, -0.1) is 0 Å². The number of nitrogens with one attached hydrogen (secondary N) is 1. The predicted molar refractivity (Wildman–Crippen MR) is 157 cm³/mol. The van der Waals surface area contributed by atoms with Crippen LogP contribution in [0.25, 0.3) is 5.76 Å². The second-order valence-corrected chi connectivity index (χ2v) is 11.4. The highest BCUT2D eigenvalue weighted by Crippen LogP contribution is 2.54. The van der Waals surface area contributed by atoms with E-state index in [-0.39, 0.29) is 42.0 Å². The third-order valence-electron chi connectivity index (χ3n) is 8.39. The van der Waals surface area contributed by atoms with Crippen molar-refractivity contribution in [2.45, 2.75) is 24.5 Å². The molecule has 43 heavy (non-hydrogen) atoms. The number of anilines is 2. The highest BCUT2D eigenvalue weighted by atomic mass is 16.4. The summed E-state index contributed by atoms with van der Waals surface area (Å²) in [5.41, 5.74) is 8.69. The maximum absolute atomic E-state index is 14.1. The van der Waals surface area contributed by atoms with E-state index in [2.05, 4.69) is 10.3 Å². The number of Topliss-reactive ketones (excluding diaryl/α,β-unsaturated/α-hetero) is 2. The van der Waals surface area contributed by atoms with Crippen LogP contribution in [0.5, 0.6) is 5.75 Å². The molecule has 0 bridgehead atoms. The zero-order valence-electron chi connectivity index (χ0n) is 24.1. The summed E-state index contributed by atoms with van der Waals surface area (Å²) >= 11 is 0. The summed E-state index contributed by atoms with van der Waals surface area (Å²) in [7, 11) is 6.62. The minimum atomic E-state index is -2.72. The Morgan fingerprint density at radius 1 is 1.19 bits per heavy atom. The highest BCUT2D eigenvalue weighted by molar-refractivity contribution is 6.24. The number of amidine groups is 1. The number of phenolic OH excluding ortho intramolecular Hbond substituents is 1. The van der Waals surface area contributed by atoms with Crippen LogP contribution in [0.3, 0.4) is 0 Å². The number of likely N-dealkylation sites (N-methyl/N-ethyl adjacent to an activating group) is 1. The number of rotatable bonds is 7. The van der Waals surface area contributed by atoms with E-state index in [4.69, 9.17) is 15.9 Å². The number of aliphatic imine (C=N–C) groups is 1. The number of phenols is 1. The maximum atomic E-state index is 14.1. The minimum absolute atomic E-state index is 0.00923. The third-order valence-corrected chi connectivity index (χ3v) is 8.39. The van der Waals surface area contributed by atoms with E-state index in [1.165, 1.54) is 11.2 Å². The van der Waals surface area contributed by atoms with Crippen LogP contribution in [0, 0.1) is 11.8 Å². The van der Waals surface area contributed by atoms with Gasteiger partial charge < -0.3 is 46.5 Å². The number of amides is 1. The van der Waals surface area contributed by atoms with Gasteiger partial charge in [-0.3, -0.25) is 19.3 Å². The van der Waals surface area contributed by atoms with Crippen molar-refractivity contribution in [2.75, 3.05) is 45.0 Å². The topological polar surface area (TPSA) is 228 Å². The van der Waals surface area contributed by atoms with Crippen LogP contribution in [0.2, 0.25) is 0 Å². The van der Waals surface area contributed by atoms with E-state index < -0.39 is 63.8 Å². The number of nitrogens with two attached hydrogens (primary N) is 2. The molecule has 14 heteroatoms. The molecule has 2 unspecified atom stereocenters. The van der Waals surface area contributed by atoms with Gasteiger partial charge in [-0.1, -0.05) is 0 Å². The summed E-state index contributed by atoms with van der Waals surface area (Å²) in [6.07, 6.45) is 1.62. The summed E-state index contributed by atoms with van der Waals surface area (Å²) in [5.74, 6) is -6.70. The van der Waals surface area contributed by atoms with Gasteiger partial charge in [-0.25, -0.2) is 4.99 Å². The summed E-state index contributed by atoms with van der Waals surface area (Å²) in [5, 5.41) is 48.7. The number of hydrogen-bond acceptors (Lipinski definition) is 12. The Kier molecular flexibility index (Phi) is 7.22. The molecular weight excluding hydrogens is 560 g/mol. The highest BCUT2D eigenvalue weighted by Gasteiger charge is 2.64. The Hall–Kier alpha value is -4.82. The number of aliphatic hydroxyl groups is 3. The fraction of sp³-hybridized carbons (Fsp3) is 0.379. The van der Waals surface area contributed by atoms with Crippen LogP contribution in [0.15, 0.2) is 50.8 Å². The van der Waals surface area contributed by atoms with Gasteiger partial charge in [-0.2, -0.15) is 0 Å². The van der Waals surface area contributed by atoms with Gasteiger partial charge in [0.05, 0.1) is 24.4 Å². The first-order chi connectivity index (χ1) is 20.2. The molecule has 1 saturated carbocycles. The van der Waals surface area contributed by atoms with Crippen molar-refractivity contribution in [2.24, 2.45) is 28.3 Å². The summed E-state index contributed by atoms with van der Waals surface area (Å²) in [6.45, 7) is 0.0724. The number of hydrogen-bond donors (Lipinski definition) is 7. The number of furan rings is 1. The normalized spacial score (nSPS) is 25.4. The Morgan fingerprint density at radius 3 is 2.47 bits per heavy atom. The van der Waals surface area contributed by atoms with Gasteiger partial charge in [0.1, 0.15) is 28.6 Å². The van der Waals surface area contributed by atoms with Gasteiger partial charge in [0, 0.05) is 37.3 Å². The standard InChI is InChI=1S/C29H34N6O8/c1-34(2)16-10-15(33-17(30)11-32-18-6-5-7-43-18)23(36)20-13(16)8-12-9-14-22(35(3)4)25(38)21(28(31)41)27(40)29(14,42)26(39)19(12)24(20)37/h5-7,10,12,14,22,32,36-37,40,42H,8-9,11H2,1-4H3,(H2,30,33)(H2,31,41)/t12?,14?,22-,29-/m0/s1. The molecule has 1 heterocycles. The zero-order chi connectivity index (χ0) is 31.5. The van der Waals surface area contributed by atoms with Crippen molar-refractivity contribution in [3.05, 3.63) is 52.5 Å². The molecule has 0 aliphatic heterocycles. The largest absolute Gasteiger partial charge is 0.508 e. The van der Waals surface area contributed by atoms with Crippen LogP contribution in [0.4, 0.5) is 17.3 Å². The second kappa shape index (κ2) is 10.5. The number of aliphatic hydroxyl groups excluding tert-OH is 2. The van der Waals surface area contributed by atoms with Crippen molar-refractivity contribution in [1.82, 2.24) is 4.90 Å². The zero-order valence-corrected chi connectivity index (χ0v) is 24.1. The van der Waals surface area contributed by atoms with E-state index in [0.717, 1.165) is 0 Å². The first-order valence-electron chi connectivity index (χ1n) is 13.5. The van der Waals surface area contributed by atoms with Crippen LogP contribution in [0.1, 0.15) is 17.5 Å². The molecule has 1 aromatic carbocycles. The summed E-state index contributed by atoms with van der Waals surface area (Å²) < 4.78 is 5.22. The molecule has 0 radical (unpaired) electrons. The monoisotopic (exact) mass is 594 g/mol. The first kappa shape index (κ1) is 29.7. The van der Waals surface area contributed by atoms with E-state index in [0.29, 0.717) is 17.1 Å². The van der Waals surface area contributed by atoms with Crippen molar-refractivity contribution in [3.63, 3.8) is 0 Å². The lowest BCUT2D eigenvalue weighted by Gasteiger charge is -2.50. The Balaban J connectivity index is 1.66. The SMILES string of the molecule is CN(C)c1cc(N=C(N)CNc2ccco2)c(O)c2c1CC1CC3[C@H](N(C)C)C(=O)C(C(N)=O)=C(O)[C@@]3(O)C(=O)C1=C2O. The molecule has 3 aliphatic carbocycles. The van der Waals surface area contributed by atoms with E-state index >= 15 is 0 Å². The Morgan fingerprint density at radius 2 is 1.88 bits per heavy atom. The number of primary amides is 1. The van der Waals surface area contributed by atoms with Gasteiger partial charge in [0.15, 0.2) is 23.0 Å². The average Bonchev–Trinajstić information content (AvgIpc) is 3.44. The summed E-state index contributed by atoms with van der Waals surface area (Å²) in [6, 6.07) is 3.83. The fourth-order valence-corrected chi connectivity index (χ4v) is 6.51. The number of ketones is 2. The smallest absolute Gasteiger partial charge is 0.255 e. The van der Waals surface area contributed by atoms with E-state index in [1.54, 1.807) is 51.3 Å². The van der Waals surface area contributed by atoms with Crippen molar-refractivity contribution >= 4 is 46.3 Å². The molecular formula is C29H34N6O8. The number of nitrogens with zero attached hydrogens (tertiary/aromatic N) is 3. The number of fused-ring (bicyclic) bond motifs is 3. The second-order valence-electron chi connectivity index (χ2n) is 11.4. The molecule has 1 amide bonds. The maximum Gasteiger partial charge on any atom is 0.255 e. The third kappa shape index (κ3) is 4.49. The number of aromatic hydroxyl groups is 1. The lowest BCUT2D eigenvalue weighted by Crippen LogP contribution is -2.65. The van der Waals surface area contributed by atoms with Crippen LogP contribution < -0.4 is 21.7 Å². The molecule has 14 nitrogen and oxygen atoms in total. The Bertz CT molecular complexity index is 1620. The van der Waals surface area contributed by atoms with Gasteiger partial charge in [-0.05, 0) is 50.6 Å². The first-order valence-corrected chi connectivity index (χ1v) is 13.5. The predicted octanol–water partition coefficient (Wildman–Crippen LogP) is 0.724. The molecule has 1 fully saturated rings. The van der Waals surface area contributed by atoms with Gasteiger partial charge in [0.25, 0.3) is 5.91 Å². The number of carbonyl (C=O) groups excluding carboxylic acids is 3. The molecule has 0 spiro atoms. The van der Waals surface area contributed by atoms with E-state index in [9.17, 15) is 34.8 Å². The van der Waals surface area contributed by atoms with E-state index in [1.807, 2.05) is 0 Å². The quantitative estimate of drug-likeness (QED) is 0.134. The molecule has 2 aromatic rings. The lowest BCUT2D eigenvalue weighted by molar-refractivity contribution is -0.153. The molecule has 9 N–H and O–H groups in total. The molecule has 4 atom stereocenters. The number of benzene rings is 1. The van der Waals surface area contributed by atoms with Crippen molar-refractivity contribution in [1.29, 1.82) is 0 Å².